The first-order valence-corrected chi connectivity index (χ1v) is 5.77. The van der Waals surface area contributed by atoms with Crippen LogP contribution in [0.3, 0.4) is 0 Å². The fourth-order valence-electron chi connectivity index (χ4n) is 1.82. The molecule has 0 radical (unpaired) electrons. The molecule has 1 atom stereocenters. The molecule has 2 rings (SSSR count). The minimum atomic E-state index is -0.851. The van der Waals surface area contributed by atoms with E-state index in [-0.39, 0.29) is 12.5 Å². The van der Waals surface area contributed by atoms with Crippen LogP contribution in [0.25, 0.3) is 11.4 Å². The third-order valence-electron chi connectivity index (χ3n) is 2.75. The summed E-state index contributed by atoms with van der Waals surface area (Å²) in [6, 6.07) is 9.27. The van der Waals surface area contributed by atoms with Gasteiger partial charge in [-0.1, -0.05) is 37.3 Å². The van der Waals surface area contributed by atoms with E-state index in [0.717, 1.165) is 5.56 Å². The lowest BCUT2D eigenvalue weighted by atomic mass is 10.1. The number of carboxylic acids is 1. The summed E-state index contributed by atoms with van der Waals surface area (Å²) in [5.74, 6) is -0.250. The van der Waals surface area contributed by atoms with Crippen molar-refractivity contribution in [2.24, 2.45) is 0 Å². The van der Waals surface area contributed by atoms with Crippen LogP contribution in [-0.2, 0) is 4.79 Å². The molecule has 1 aromatic carbocycles. The second-order valence-electron chi connectivity index (χ2n) is 3.97. The van der Waals surface area contributed by atoms with Crippen molar-refractivity contribution in [2.45, 2.75) is 25.8 Å². The highest BCUT2D eigenvalue weighted by atomic mass is 16.4. The molecule has 1 N–H and O–H groups in total. The first-order chi connectivity index (χ1) is 8.72. The van der Waals surface area contributed by atoms with Crippen LogP contribution < -0.4 is 0 Å². The van der Waals surface area contributed by atoms with E-state index in [0.29, 0.717) is 12.2 Å². The number of hydrogen-bond acceptors (Lipinski definition) is 4. The van der Waals surface area contributed by atoms with E-state index >= 15 is 0 Å². The largest absolute Gasteiger partial charge is 0.481 e. The van der Waals surface area contributed by atoms with Gasteiger partial charge in [0.1, 0.15) is 0 Å². The predicted octanol–water partition coefficient (Wildman–Crippen LogP) is 1.77. The Hall–Kier alpha value is -2.24. The molecule has 0 spiro atoms. The molecule has 18 heavy (non-hydrogen) atoms. The van der Waals surface area contributed by atoms with Crippen molar-refractivity contribution in [3.8, 4) is 11.4 Å². The normalized spacial score (nSPS) is 12.3. The molecule has 1 aromatic heterocycles. The molecular formula is C12H14N4O2. The predicted molar refractivity (Wildman–Crippen MR) is 64.8 cm³/mol. The molecule has 6 heteroatoms. The Balaban J connectivity index is 2.35. The second-order valence-corrected chi connectivity index (χ2v) is 3.97. The number of aromatic nitrogens is 4. The molecule has 0 aliphatic carbocycles. The summed E-state index contributed by atoms with van der Waals surface area (Å²) in [6.45, 7) is 1.92. The van der Waals surface area contributed by atoms with E-state index in [2.05, 4.69) is 15.5 Å². The van der Waals surface area contributed by atoms with Gasteiger partial charge in [0.2, 0.25) is 0 Å². The van der Waals surface area contributed by atoms with Gasteiger partial charge in [0.25, 0.3) is 0 Å². The summed E-state index contributed by atoms with van der Waals surface area (Å²) in [5.41, 5.74) is 0.881. The number of nitrogens with zero attached hydrogens (tertiary/aromatic N) is 4. The Bertz CT molecular complexity index is 524. The Labute approximate surface area is 104 Å². The third kappa shape index (κ3) is 2.53. The molecule has 2 aromatic rings. The number of benzene rings is 1. The van der Waals surface area contributed by atoms with Gasteiger partial charge in [-0.15, -0.1) is 5.10 Å². The van der Waals surface area contributed by atoms with Crippen LogP contribution in [0.5, 0.6) is 0 Å². The van der Waals surface area contributed by atoms with Crippen molar-refractivity contribution in [3.05, 3.63) is 30.3 Å². The van der Waals surface area contributed by atoms with Gasteiger partial charge in [0.05, 0.1) is 12.5 Å². The minimum absolute atomic E-state index is 0.0153. The maximum Gasteiger partial charge on any atom is 0.305 e. The molecule has 1 unspecified atom stereocenters. The molecule has 0 fully saturated rings. The number of rotatable bonds is 5. The highest BCUT2D eigenvalue weighted by molar-refractivity contribution is 5.67. The first-order valence-electron chi connectivity index (χ1n) is 5.77. The Morgan fingerprint density at radius 3 is 2.72 bits per heavy atom. The minimum Gasteiger partial charge on any atom is -0.481 e. The maximum absolute atomic E-state index is 10.8. The number of hydrogen-bond donors (Lipinski definition) is 1. The van der Waals surface area contributed by atoms with Gasteiger partial charge in [0, 0.05) is 5.56 Å². The van der Waals surface area contributed by atoms with Crippen molar-refractivity contribution in [1.29, 1.82) is 0 Å². The zero-order valence-electron chi connectivity index (χ0n) is 10.0. The van der Waals surface area contributed by atoms with Crippen molar-refractivity contribution in [3.63, 3.8) is 0 Å². The zero-order chi connectivity index (χ0) is 13.0. The van der Waals surface area contributed by atoms with Crippen LogP contribution in [-0.4, -0.2) is 31.3 Å². The summed E-state index contributed by atoms with van der Waals surface area (Å²) in [7, 11) is 0. The number of aliphatic carboxylic acids is 1. The smallest absolute Gasteiger partial charge is 0.305 e. The van der Waals surface area contributed by atoms with Gasteiger partial charge in [0.15, 0.2) is 5.82 Å². The van der Waals surface area contributed by atoms with Crippen LogP contribution in [0.2, 0.25) is 0 Å². The van der Waals surface area contributed by atoms with Crippen molar-refractivity contribution < 1.29 is 9.90 Å². The van der Waals surface area contributed by atoms with E-state index in [9.17, 15) is 4.79 Å². The van der Waals surface area contributed by atoms with Gasteiger partial charge in [-0.25, -0.2) is 4.68 Å². The first kappa shape index (κ1) is 12.2. The third-order valence-corrected chi connectivity index (χ3v) is 2.75. The second kappa shape index (κ2) is 5.39. The summed E-state index contributed by atoms with van der Waals surface area (Å²) in [5, 5.41) is 20.4. The summed E-state index contributed by atoms with van der Waals surface area (Å²) in [6.07, 6.45) is 0.679. The Morgan fingerprint density at radius 2 is 2.11 bits per heavy atom. The van der Waals surface area contributed by atoms with Crippen molar-refractivity contribution >= 4 is 5.97 Å². The molecule has 94 valence electrons. The quantitative estimate of drug-likeness (QED) is 0.869. The van der Waals surface area contributed by atoms with E-state index in [1.807, 2.05) is 37.3 Å². The Kier molecular flexibility index (Phi) is 3.66. The molecule has 0 amide bonds. The van der Waals surface area contributed by atoms with Crippen molar-refractivity contribution in [1.82, 2.24) is 20.2 Å². The zero-order valence-corrected chi connectivity index (χ0v) is 10.0. The highest BCUT2D eigenvalue weighted by Crippen LogP contribution is 2.22. The molecule has 1 heterocycles. The average Bonchev–Trinajstić information content (AvgIpc) is 2.86. The number of carbonyl (C=O) groups is 1. The van der Waals surface area contributed by atoms with Gasteiger partial charge < -0.3 is 5.11 Å². The highest BCUT2D eigenvalue weighted by Gasteiger charge is 2.19. The van der Waals surface area contributed by atoms with E-state index in [1.165, 1.54) is 0 Å². The SMILES string of the molecule is CCC(CC(=O)O)n1nnnc1-c1ccccc1. The van der Waals surface area contributed by atoms with E-state index < -0.39 is 5.97 Å². The molecule has 0 saturated heterocycles. The summed E-state index contributed by atoms with van der Waals surface area (Å²) in [4.78, 5) is 10.8. The van der Waals surface area contributed by atoms with Crippen LogP contribution >= 0.6 is 0 Å². The lowest BCUT2D eigenvalue weighted by Crippen LogP contribution is -2.15. The number of carboxylic acid groups (broad SMARTS) is 1. The molecule has 0 aliphatic heterocycles. The van der Waals surface area contributed by atoms with Crippen LogP contribution in [0.4, 0.5) is 0 Å². The average molecular weight is 246 g/mol. The van der Waals surface area contributed by atoms with E-state index in [4.69, 9.17) is 5.11 Å². The number of tetrazole rings is 1. The summed E-state index contributed by atoms with van der Waals surface area (Å²) >= 11 is 0. The maximum atomic E-state index is 10.8. The molecule has 6 nitrogen and oxygen atoms in total. The fraction of sp³-hybridized carbons (Fsp3) is 0.333. The molecule has 0 saturated carbocycles. The molecular weight excluding hydrogens is 232 g/mol. The van der Waals surface area contributed by atoms with Crippen molar-refractivity contribution in [2.75, 3.05) is 0 Å². The van der Waals surface area contributed by atoms with Gasteiger partial charge in [-0.3, -0.25) is 4.79 Å². The van der Waals surface area contributed by atoms with Gasteiger partial charge in [-0.05, 0) is 16.8 Å². The summed E-state index contributed by atoms with van der Waals surface area (Å²) < 4.78 is 1.59. The Morgan fingerprint density at radius 1 is 1.39 bits per heavy atom. The van der Waals surface area contributed by atoms with Crippen LogP contribution in [0, 0.1) is 0 Å². The topological polar surface area (TPSA) is 80.9 Å². The fourth-order valence-corrected chi connectivity index (χ4v) is 1.82. The van der Waals surface area contributed by atoms with Crippen LogP contribution in [0.15, 0.2) is 30.3 Å². The monoisotopic (exact) mass is 246 g/mol. The molecule has 0 aliphatic rings. The van der Waals surface area contributed by atoms with Crippen LogP contribution in [0.1, 0.15) is 25.8 Å². The standard InChI is InChI=1S/C12H14N4O2/c1-2-10(8-11(17)18)16-12(13-14-15-16)9-6-4-3-5-7-9/h3-7,10H,2,8H2,1H3,(H,17,18). The molecule has 0 bridgehead atoms. The lowest BCUT2D eigenvalue weighted by molar-refractivity contribution is -0.138. The van der Waals surface area contributed by atoms with Gasteiger partial charge >= 0.3 is 5.97 Å². The van der Waals surface area contributed by atoms with Gasteiger partial charge in [-0.2, -0.15) is 0 Å². The lowest BCUT2D eigenvalue weighted by Gasteiger charge is -2.14. The van der Waals surface area contributed by atoms with E-state index in [1.54, 1.807) is 4.68 Å².